The number of aliphatic hydroxyl groups excluding tert-OH is 1. The summed E-state index contributed by atoms with van der Waals surface area (Å²) in [6.45, 7) is 6.24. The van der Waals surface area contributed by atoms with E-state index in [0.717, 1.165) is 31.7 Å². The Hall–Kier alpha value is -2.55. The molecular formula is C22H29N5O3. The molecule has 0 radical (unpaired) electrons. The number of piperazine rings is 1. The first-order chi connectivity index (χ1) is 14.6. The van der Waals surface area contributed by atoms with Crippen molar-refractivity contribution in [3.63, 3.8) is 0 Å². The Bertz CT molecular complexity index is 870. The Morgan fingerprint density at radius 2 is 1.90 bits per heavy atom. The summed E-state index contributed by atoms with van der Waals surface area (Å²) in [6, 6.07) is 9.36. The van der Waals surface area contributed by atoms with Crippen molar-refractivity contribution in [2.45, 2.75) is 19.1 Å². The average Bonchev–Trinajstić information content (AvgIpc) is 2.79. The number of morpholine rings is 1. The first-order valence-corrected chi connectivity index (χ1v) is 10.4. The summed E-state index contributed by atoms with van der Waals surface area (Å²) in [7, 11) is 2.11. The van der Waals surface area contributed by atoms with Gasteiger partial charge in [-0.3, -0.25) is 4.79 Å². The van der Waals surface area contributed by atoms with Crippen LogP contribution < -0.4 is 4.90 Å². The van der Waals surface area contributed by atoms with Gasteiger partial charge in [0, 0.05) is 38.9 Å². The number of aryl methyl sites for hydroxylation is 1. The highest BCUT2D eigenvalue weighted by Crippen LogP contribution is 2.31. The molecule has 1 aromatic carbocycles. The van der Waals surface area contributed by atoms with E-state index in [9.17, 15) is 9.90 Å². The molecule has 8 heteroatoms. The lowest BCUT2D eigenvalue weighted by Gasteiger charge is -2.41. The maximum atomic E-state index is 13.5. The highest BCUT2D eigenvalue weighted by molar-refractivity contribution is 5.95. The van der Waals surface area contributed by atoms with Gasteiger partial charge in [0.2, 0.25) is 5.95 Å². The topological polar surface area (TPSA) is 82.0 Å². The third-order valence-corrected chi connectivity index (χ3v) is 5.92. The Morgan fingerprint density at radius 3 is 2.57 bits per heavy atom. The molecule has 8 nitrogen and oxygen atoms in total. The van der Waals surface area contributed by atoms with Crippen LogP contribution in [-0.4, -0.2) is 89.9 Å². The van der Waals surface area contributed by atoms with Crippen molar-refractivity contribution >= 4 is 11.9 Å². The third-order valence-electron chi connectivity index (χ3n) is 5.92. The summed E-state index contributed by atoms with van der Waals surface area (Å²) in [5.41, 5.74) is 2.10. The molecule has 0 bridgehead atoms. The molecule has 1 amide bonds. The van der Waals surface area contributed by atoms with Crippen LogP contribution in [0.15, 0.2) is 36.5 Å². The largest absolute Gasteiger partial charge is 0.394 e. The lowest BCUT2D eigenvalue weighted by Crippen LogP contribution is -2.49. The zero-order valence-electron chi connectivity index (χ0n) is 17.6. The number of hydrogen-bond acceptors (Lipinski definition) is 7. The second-order valence-corrected chi connectivity index (χ2v) is 7.91. The van der Waals surface area contributed by atoms with Gasteiger partial charge in [0.05, 0.1) is 30.5 Å². The number of rotatable bonds is 4. The van der Waals surface area contributed by atoms with E-state index >= 15 is 0 Å². The Kier molecular flexibility index (Phi) is 6.26. The van der Waals surface area contributed by atoms with Crippen molar-refractivity contribution in [2.75, 3.05) is 57.9 Å². The summed E-state index contributed by atoms with van der Waals surface area (Å²) in [6.07, 6.45) is 1.18. The van der Waals surface area contributed by atoms with Crippen molar-refractivity contribution < 1.29 is 14.6 Å². The van der Waals surface area contributed by atoms with E-state index in [-0.39, 0.29) is 18.6 Å². The number of aromatic nitrogens is 2. The fourth-order valence-electron chi connectivity index (χ4n) is 4.14. The molecule has 0 aliphatic carbocycles. The molecule has 2 aromatic rings. The predicted molar refractivity (Wildman–Crippen MR) is 114 cm³/mol. The smallest absolute Gasteiger partial charge is 0.257 e. The maximum Gasteiger partial charge on any atom is 0.257 e. The highest BCUT2D eigenvalue weighted by Gasteiger charge is 2.37. The summed E-state index contributed by atoms with van der Waals surface area (Å²) in [5, 5.41) is 9.85. The van der Waals surface area contributed by atoms with Gasteiger partial charge in [-0.2, -0.15) is 0 Å². The predicted octanol–water partition coefficient (Wildman–Crippen LogP) is 1.11. The summed E-state index contributed by atoms with van der Waals surface area (Å²) in [4.78, 5) is 28.9. The first kappa shape index (κ1) is 20.7. The molecule has 4 rings (SSSR count). The van der Waals surface area contributed by atoms with Crippen LogP contribution in [0.4, 0.5) is 5.95 Å². The number of nitrogens with zero attached hydrogens (tertiary/aromatic N) is 5. The highest BCUT2D eigenvalue weighted by atomic mass is 16.5. The number of amides is 1. The molecule has 2 aliphatic rings. The van der Waals surface area contributed by atoms with Crippen LogP contribution in [0.1, 0.15) is 27.7 Å². The van der Waals surface area contributed by atoms with Gasteiger partial charge in [-0.25, -0.2) is 9.97 Å². The van der Waals surface area contributed by atoms with Crippen LogP contribution in [0.5, 0.6) is 0 Å². The van der Waals surface area contributed by atoms with Gasteiger partial charge in [0.1, 0.15) is 6.10 Å². The minimum absolute atomic E-state index is 0.131. The van der Waals surface area contributed by atoms with E-state index in [0.29, 0.717) is 30.4 Å². The fourth-order valence-corrected chi connectivity index (χ4v) is 4.14. The lowest BCUT2D eigenvalue weighted by atomic mass is 9.97. The molecule has 3 heterocycles. The van der Waals surface area contributed by atoms with E-state index in [1.54, 1.807) is 11.1 Å². The van der Waals surface area contributed by atoms with Crippen LogP contribution in [-0.2, 0) is 4.74 Å². The maximum absolute atomic E-state index is 13.5. The number of likely N-dealkylation sites (N-methyl/N-ethyl adjacent to an activating group) is 1. The van der Waals surface area contributed by atoms with Gasteiger partial charge < -0.3 is 24.5 Å². The standard InChI is InChI=1S/C22H29N5O3/c1-16-18(14-23-22(24-16)26-10-8-25(2)9-11-26)21(29)27-12-13-30-19(15-28)20(27)17-6-4-3-5-7-17/h3-7,14,19-20,28H,8-13,15H2,1-2H3/t19-,20-/m0/s1. The normalized spacial score (nSPS) is 22.9. The van der Waals surface area contributed by atoms with Crippen LogP contribution >= 0.6 is 0 Å². The van der Waals surface area contributed by atoms with Crippen LogP contribution in [0, 0.1) is 6.92 Å². The van der Waals surface area contributed by atoms with Gasteiger partial charge >= 0.3 is 0 Å². The van der Waals surface area contributed by atoms with Crippen LogP contribution in [0.25, 0.3) is 0 Å². The molecule has 0 saturated carbocycles. The van der Waals surface area contributed by atoms with Crippen LogP contribution in [0.2, 0.25) is 0 Å². The number of hydrogen-bond donors (Lipinski definition) is 1. The van der Waals surface area contributed by atoms with E-state index < -0.39 is 6.10 Å². The summed E-state index contributed by atoms with van der Waals surface area (Å²) >= 11 is 0. The van der Waals surface area contributed by atoms with E-state index in [4.69, 9.17) is 4.74 Å². The minimum atomic E-state index is -0.462. The van der Waals surface area contributed by atoms with Crippen LogP contribution in [0.3, 0.4) is 0 Å². The summed E-state index contributed by atoms with van der Waals surface area (Å²) in [5.74, 6) is 0.542. The molecule has 2 aliphatic heterocycles. The number of ether oxygens (including phenoxy) is 1. The number of anilines is 1. The molecule has 0 spiro atoms. The molecule has 0 unspecified atom stereocenters. The Morgan fingerprint density at radius 1 is 1.17 bits per heavy atom. The van der Waals surface area contributed by atoms with Crippen molar-refractivity contribution in [3.05, 3.63) is 53.3 Å². The third kappa shape index (κ3) is 4.16. The van der Waals surface area contributed by atoms with Crippen molar-refractivity contribution in [3.8, 4) is 0 Å². The van der Waals surface area contributed by atoms with E-state index in [1.807, 2.05) is 37.3 Å². The van der Waals surface area contributed by atoms with Gasteiger partial charge in [-0.1, -0.05) is 30.3 Å². The number of benzene rings is 1. The molecule has 1 aromatic heterocycles. The molecule has 30 heavy (non-hydrogen) atoms. The van der Waals surface area contributed by atoms with E-state index in [1.165, 1.54) is 0 Å². The monoisotopic (exact) mass is 411 g/mol. The first-order valence-electron chi connectivity index (χ1n) is 10.4. The zero-order chi connectivity index (χ0) is 21.1. The Balaban J connectivity index is 1.59. The molecule has 2 fully saturated rings. The molecule has 1 N–H and O–H groups in total. The zero-order valence-corrected chi connectivity index (χ0v) is 17.6. The fraction of sp³-hybridized carbons (Fsp3) is 0.500. The molecule has 160 valence electrons. The molecular weight excluding hydrogens is 382 g/mol. The van der Waals surface area contributed by atoms with Gasteiger partial charge in [0.15, 0.2) is 0 Å². The van der Waals surface area contributed by atoms with Gasteiger partial charge in [0.25, 0.3) is 5.91 Å². The second kappa shape index (κ2) is 9.07. The number of aliphatic hydroxyl groups is 1. The van der Waals surface area contributed by atoms with Crippen molar-refractivity contribution in [2.24, 2.45) is 0 Å². The Labute approximate surface area is 177 Å². The van der Waals surface area contributed by atoms with Gasteiger partial charge in [-0.05, 0) is 19.5 Å². The second-order valence-electron chi connectivity index (χ2n) is 7.91. The van der Waals surface area contributed by atoms with Gasteiger partial charge in [-0.15, -0.1) is 0 Å². The quantitative estimate of drug-likeness (QED) is 0.807. The average molecular weight is 412 g/mol. The minimum Gasteiger partial charge on any atom is -0.394 e. The van der Waals surface area contributed by atoms with E-state index in [2.05, 4.69) is 26.8 Å². The molecule has 2 saturated heterocycles. The SMILES string of the molecule is Cc1nc(N2CCN(C)CC2)ncc1C(=O)N1CCO[C@@H](CO)[C@@H]1c1ccccc1. The number of carbonyl (C=O) groups is 1. The lowest BCUT2D eigenvalue weighted by molar-refractivity contribution is -0.0811. The van der Waals surface area contributed by atoms with Crippen molar-refractivity contribution in [1.82, 2.24) is 19.8 Å². The van der Waals surface area contributed by atoms with Crippen molar-refractivity contribution in [1.29, 1.82) is 0 Å². The molecule has 2 atom stereocenters. The number of carbonyl (C=O) groups excluding carboxylic acids is 1. The summed E-state index contributed by atoms with van der Waals surface area (Å²) < 4.78 is 5.76.